The fraction of sp³-hybridized carbons (Fsp3) is 0.250. The van der Waals surface area contributed by atoms with Crippen LogP contribution in [0.4, 0.5) is 8.78 Å². The Hall–Kier alpha value is -1.75. The fourth-order valence-electron chi connectivity index (χ4n) is 1.72. The van der Waals surface area contributed by atoms with E-state index in [1.165, 1.54) is 12.1 Å². The van der Waals surface area contributed by atoms with Crippen LogP contribution in [0.2, 0.25) is 0 Å². The van der Waals surface area contributed by atoms with Crippen molar-refractivity contribution in [2.45, 2.75) is 19.5 Å². The fourth-order valence-corrected chi connectivity index (χ4v) is 1.72. The molecule has 0 amide bonds. The van der Waals surface area contributed by atoms with Gasteiger partial charge < -0.3 is 10.3 Å². The summed E-state index contributed by atoms with van der Waals surface area (Å²) in [6, 6.07) is 3.54. The van der Waals surface area contributed by atoms with Crippen LogP contribution in [0.3, 0.4) is 0 Å². The summed E-state index contributed by atoms with van der Waals surface area (Å²) in [6.45, 7) is 1.01. The summed E-state index contributed by atoms with van der Waals surface area (Å²) in [7, 11) is 0. The molecule has 0 spiro atoms. The van der Waals surface area contributed by atoms with Crippen molar-refractivity contribution >= 4 is 0 Å². The van der Waals surface area contributed by atoms with E-state index in [4.69, 9.17) is 5.73 Å². The first-order chi connectivity index (χ1) is 8.19. The molecule has 17 heavy (non-hydrogen) atoms. The van der Waals surface area contributed by atoms with Crippen LogP contribution >= 0.6 is 0 Å². The molecule has 0 aliphatic carbocycles. The van der Waals surface area contributed by atoms with Crippen LogP contribution in [-0.4, -0.2) is 9.55 Å². The zero-order chi connectivity index (χ0) is 12.3. The average molecular weight is 237 g/mol. The first kappa shape index (κ1) is 11.7. The minimum Gasteiger partial charge on any atom is -0.333 e. The van der Waals surface area contributed by atoms with Gasteiger partial charge in [-0.3, -0.25) is 0 Å². The molecule has 0 saturated heterocycles. The lowest BCUT2D eigenvalue weighted by Crippen LogP contribution is -2.08. The summed E-state index contributed by atoms with van der Waals surface area (Å²) in [6.07, 6.45) is 3.89. The van der Waals surface area contributed by atoms with Crippen LogP contribution in [0.1, 0.15) is 11.3 Å². The zero-order valence-electron chi connectivity index (χ0n) is 9.24. The van der Waals surface area contributed by atoms with Crippen LogP contribution < -0.4 is 5.73 Å². The van der Waals surface area contributed by atoms with Gasteiger partial charge in [-0.1, -0.05) is 0 Å². The number of benzene rings is 1. The van der Waals surface area contributed by atoms with Crippen molar-refractivity contribution in [3.8, 4) is 0 Å². The predicted molar refractivity (Wildman–Crippen MR) is 60.2 cm³/mol. The highest BCUT2D eigenvalue weighted by Crippen LogP contribution is 2.10. The average Bonchev–Trinajstić information content (AvgIpc) is 2.72. The molecule has 0 fully saturated rings. The molecule has 2 aromatic rings. The highest BCUT2D eigenvalue weighted by molar-refractivity contribution is 5.18. The molecule has 0 aliphatic rings. The second-order valence-electron chi connectivity index (χ2n) is 3.81. The molecule has 3 nitrogen and oxygen atoms in total. The Labute approximate surface area is 97.9 Å². The van der Waals surface area contributed by atoms with Crippen molar-refractivity contribution in [3.05, 3.63) is 53.6 Å². The second kappa shape index (κ2) is 5.05. The van der Waals surface area contributed by atoms with E-state index in [9.17, 15) is 8.78 Å². The summed E-state index contributed by atoms with van der Waals surface area (Å²) >= 11 is 0. The van der Waals surface area contributed by atoms with Crippen LogP contribution in [-0.2, 0) is 19.5 Å². The molecule has 0 atom stereocenters. The van der Waals surface area contributed by atoms with Crippen molar-refractivity contribution < 1.29 is 8.78 Å². The van der Waals surface area contributed by atoms with E-state index in [0.29, 0.717) is 25.1 Å². The molecular formula is C12H13F2N3. The largest absolute Gasteiger partial charge is 0.333 e. The molecule has 1 heterocycles. The molecule has 0 saturated carbocycles. The number of imidazole rings is 1. The van der Waals surface area contributed by atoms with E-state index in [2.05, 4.69) is 4.98 Å². The van der Waals surface area contributed by atoms with Gasteiger partial charge in [0.2, 0.25) is 0 Å². The monoisotopic (exact) mass is 237 g/mol. The van der Waals surface area contributed by atoms with E-state index in [1.54, 1.807) is 12.5 Å². The Morgan fingerprint density at radius 3 is 2.53 bits per heavy atom. The predicted octanol–water partition coefficient (Wildman–Crippen LogP) is 1.86. The van der Waals surface area contributed by atoms with Gasteiger partial charge in [-0.25, -0.2) is 13.8 Å². The van der Waals surface area contributed by atoms with E-state index in [-0.39, 0.29) is 0 Å². The molecule has 0 radical (unpaired) electrons. The van der Waals surface area contributed by atoms with Crippen molar-refractivity contribution in [1.82, 2.24) is 9.55 Å². The lowest BCUT2D eigenvalue weighted by Gasteiger charge is -2.06. The topological polar surface area (TPSA) is 43.8 Å². The number of nitrogens with zero attached hydrogens (tertiary/aromatic N) is 2. The quantitative estimate of drug-likeness (QED) is 0.882. The summed E-state index contributed by atoms with van der Waals surface area (Å²) in [5, 5.41) is 0. The Bertz CT molecular complexity index is 488. The van der Waals surface area contributed by atoms with E-state index < -0.39 is 11.6 Å². The van der Waals surface area contributed by atoms with Gasteiger partial charge in [0.05, 0.1) is 12.0 Å². The number of nitrogens with two attached hydrogens (primary N) is 1. The van der Waals surface area contributed by atoms with Gasteiger partial charge in [0.1, 0.15) is 11.6 Å². The zero-order valence-corrected chi connectivity index (χ0v) is 9.24. The van der Waals surface area contributed by atoms with Gasteiger partial charge in [0, 0.05) is 25.4 Å². The van der Waals surface area contributed by atoms with E-state index in [0.717, 1.165) is 11.8 Å². The van der Waals surface area contributed by atoms with Crippen molar-refractivity contribution in [2.75, 3.05) is 0 Å². The van der Waals surface area contributed by atoms with Gasteiger partial charge in [0.25, 0.3) is 0 Å². The second-order valence-corrected chi connectivity index (χ2v) is 3.81. The minimum absolute atomic E-state index is 0.400. The summed E-state index contributed by atoms with van der Waals surface area (Å²) in [4.78, 5) is 3.98. The van der Waals surface area contributed by atoms with Crippen molar-refractivity contribution in [1.29, 1.82) is 0 Å². The first-order valence-corrected chi connectivity index (χ1v) is 5.33. The van der Waals surface area contributed by atoms with Crippen LogP contribution in [0.5, 0.6) is 0 Å². The van der Waals surface area contributed by atoms with Crippen LogP contribution in [0.25, 0.3) is 0 Å². The Morgan fingerprint density at radius 1 is 1.18 bits per heavy atom. The lowest BCUT2D eigenvalue weighted by atomic mass is 10.1. The Kier molecular flexibility index (Phi) is 3.49. The maximum absolute atomic E-state index is 13.0. The van der Waals surface area contributed by atoms with Gasteiger partial charge in [-0.05, 0) is 24.1 Å². The summed E-state index contributed by atoms with van der Waals surface area (Å²) < 4.78 is 27.8. The third kappa shape index (κ3) is 2.88. The molecule has 2 rings (SSSR count). The molecule has 0 unspecified atom stereocenters. The van der Waals surface area contributed by atoms with Crippen molar-refractivity contribution in [2.24, 2.45) is 5.73 Å². The van der Waals surface area contributed by atoms with E-state index >= 15 is 0 Å². The highest BCUT2D eigenvalue weighted by atomic mass is 19.1. The highest BCUT2D eigenvalue weighted by Gasteiger charge is 2.03. The Balaban J connectivity index is 2.07. The number of hydrogen-bond acceptors (Lipinski definition) is 2. The first-order valence-electron chi connectivity index (χ1n) is 5.33. The SMILES string of the molecule is NCc1cncn1CCc1cc(F)cc(F)c1. The number of aryl methyl sites for hydroxylation is 2. The van der Waals surface area contributed by atoms with Crippen molar-refractivity contribution in [3.63, 3.8) is 0 Å². The number of rotatable bonds is 4. The maximum atomic E-state index is 13.0. The number of halogens is 2. The standard InChI is InChI=1S/C12H13F2N3/c13-10-3-9(4-11(14)5-10)1-2-17-8-16-7-12(17)6-15/h3-5,7-8H,1-2,6,15H2. The van der Waals surface area contributed by atoms with E-state index in [1.807, 2.05) is 4.57 Å². The molecule has 90 valence electrons. The molecule has 0 aliphatic heterocycles. The number of aromatic nitrogens is 2. The molecule has 1 aromatic carbocycles. The molecule has 0 bridgehead atoms. The molecule has 1 aromatic heterocycles. The third-order valence-electron chi connectivity index (χ3n) is 2.57. The van der Waals surface area contributed by atoms with Crippen LogP contribution in [0, 0.1) is 11.6 Å². The maximum Gasteiger partial charge on any atom is 0.126 e. The smallest absolute Gasteiger partial charge is 0.126 e. The number of hydrogen-bond donors (Lipinski definition) is 1. The lowest BCUT2D eigenvalue weighted by molar-refractivity contribution is 0.575. The van der Waals surface area contributed by atoms with Crippen LogP contribution in [0.15, 0.2) is 30.7 Å². The minimum atomic E-state index is -0.551. The normalized spacial score (nSPS) is 10.8. The Morgan fingerprint density at radius 2 is 1.88 bits per heavy atom. The summed E-state index contributed by atoms with van der Waals surface area (Å²) in [5.41, 5.74) is 7.06. The molecular weight excluding hydrogens is 224 g/mol. The van der Waals surface area contributed by atoms with Gasteiger partial charge in [-0.15, -0.1) is 0 Å². The molecule has 5 heteroatoms. The molecule has 2 N–H and O–H groups in total. The van der Waals surface area contributed by atoms with Gasteiger partial charge >= 0.3 is 0 Å². The summed E-state index contributed by atoms with van der Waals surface area (Å²) in [5.74, 6) is -1.10. The third-order valence-corrected chi connectivity index (χ3v) is 2.57. The van der Waals surface area contributed by atoms with Gasteiger partial charge in [0.15, 0.2) is 0 Å². The van der Waals surface area contributed by atoms with Gasteiger partial charge in [-0.2, -0.15) is 0 Å².